The Labute approximate surface area is 162 Å². The van der Waals surface area contributed by atoms with Gasteiger partial charge in [-0.25, -0.2) is 0 Å². The Morgan fingerprint density at radius 3 is 2.48 bits per heavy atom. The number of allylic oxidation sites excluding steroid dienone is 1. The van der Waals surface area contributed by atoms with E-state index in [9.17, 15) is 4.79 Å². The third-order valence-corrected chi connectivity index (χ3v) is 4.55. The first-order valence-corrected chi connectivity index (χ1v) is 9.03. The van der Waals surface area contributed by atoms with E-state index in [0.717, 1.165) is 22.4 Å². The Bertz CT molecular complexity index is 783. The lowest BCUT2D eigenvalue weighted by Crippen LogP contribution is -2.31. The summed E-state index contributed by atoms with van der Waals surface area (Å²) in [5, 5.41) is 0. The molecular weight excluding hydrogens is 338 g/mol. The highest BCUT2D eigenvalue weighted by atomic mass is 16.7. The molecule has 2 aromatic rings. The zero-order valence-electron chi connectivity index (χ0n) is 16.9. The van der Waals surface area contributed by atoms with Gasteiger partial charge in [0.2, 0.25) is 5.91 Å². The monoisotopic (exact) mass is 367 g/mol. The maximum atomic E-state index is 12.6. The minimum absolute atomic E-state index is 0.0634. The number of hydrogen-bond acceptors (Lipinski definition) is 3. The molecule has 4 nitrogen and oxygen atoms in total. The van der Waals surface area contributed by atoms with Gasteiger partial charge in [0, 0.05) is 38.6 Å². The van der Waals surface area contributed by atoms with Crippen molar-refractivity contribution in [1.82, 2.24) is 4.90 Å². The van der Waals surface area contributed by atoms with Crippen molar-refractivity contribution in [1.29, 1.82) is 0 Å². The SMILES string of the molecule is COCOc1cc(C)ccc1[C@](C)(/C=C/c1ccccc1)CC(=O)N(C)C. The number of carbonyl (C=O) groups excluding carboxylic acids is 1. The molecular formula is C23H29NO3. The molecule has 0 spiro atoms. The number of benzene rings is 2. The summed E-state index contributed by atoms with van der Waals surface area (Å²) in [6.07, 6.45) is 4.49. The minimum Gasteiger partial charge on any atom is -0.467 e. The molecule has 0 aliphatic carbocycles. The van der Waals surface area contributed by atoms with Crippen molar-refractivity contribution in [2.24, 2.45) is 0 Å². The Morgan fingerprint density at radius 2 is 1.85 bits per heavy atom. The molecule has 0 radical (unpaired) electrons. The quantitative estimate of drug-likeness (QED) is 0.648. The van der Waals surface area contributed by atoms with E-state index in [1.165, 1.54) is 0 Å². The fourth-order valence-electron chi connectivity index (χ4n) is 2.90. The summed E-state index contributed by atoms with van der Waals surface area (Å²) in [6, 6.07) is 16.2. The molecule has 0 unspecified atom stereocenters. The molecule has 0 aliphatic rings. The number of carbonyl (C=O) groups is 1. The predicted molar refractivity (Wildman–Crippen MR) is 110 cm³/mol. The van der Waals surface area contributed by atoms with E-state index in [4.69, 9.17) is 9.47 Å². The van der Waals surface area contributed by atoms with Crippen LogP contribution in [-0.2, 0) is 14.9 Å². The second-order valence-corrected chi connectivity index (χ2v) is 7.18. The molecule has 0 aliphatic heterocycles. The summed E-state index contributed by atoms with van der Waals surface area (Å²) in [6.45, 7) is 4.25. The Balaban J connectivity index is 2.48. The van der Waals surface area contributed by atoms with Gasteiger partial charge in [0.05, 0.1) is 0 Å². The highest BCUT2D eigenvalue weighted by molar-refractivity contribution is 5.78. The van der Waals surface area contributed by atoms with Crippen LogP contribution in [-0.4, -0.2) is 38.8 Å². The average molecular weight is 367 g/mol. The number of aryl methyl sites for hydroxylation is 1. The van der Waals surface area contributed by atoms with E-state index >= 15 is 0 Å². The van der Waals surface area contributed by atoms with Crippen LogP contribution in [0.15, 0.2) is 54.6 Å². The molecule has 0 heterocycles. The number of rotatable bonds is 8. The maximum absolute atomic E-state index is 12.6. The van der Waals surface area contributed by atoms with Gasteiger partial charge in [-0.15, -0.1) is 0 Å². The Hall–Kier alpha value is -2.59. The van der Waals surface area contributed by atoms with Crippen molar-refractivity contribution in [3.63, 3.8) is 0 Å². The first-order chi connectivity index (χ1) is 12.9. The van der Waals surface area contributed by atoms with Crippen LogP contribution < -0.4 is 4.74 Å². The van der Waals surface area contributed by atoms with E-state index < -0.39 is 5.41 Å². The Morgan fingerprint density at radius 1 is 1.15 bits per heavy atom. The lowest BCUT2D eigenvalue weighted by molar-refractivity contribution is -0.129. The largest absolute Gasteiger partial charge is 0.467 e. The molecule has 2 aromatic carbocycles. The van der Waals surface area contributed by atoms with Gasteiger partial charge in [-0.1, -0.05) is 61.5 Å². The highest BCUT2D eigenvalue weighted by Gasteiger charge is 2.31. The first-order valence-electron chi connectivity index (χ1n) is 9.03. The summed E-state index contributed by atoms with van der Waals surface area (Å²) in [7, 11) is 5.15. The minimum atomic E-state index is -0.520. The third-order valence-electron chi connectivity index (χ3n) is 4.55. The van der Waals surface area contributed by atoms with Crippen molar-refractivity contribution in [2.45, 2.75) is 25.7 Å². The molecule has 0 fully saturated rings. The van der Waals surface area contributed by atoms with Crippen LogP contribution in [0.1, 0.15) is 30.0 Å². The van der Waals surface area contributed by atoms with E-state index in [0.29, 0.717) is 6.42 Å². The smallest absolute Gasteiger partial charge is 0.223 e. The van der Waals surface area contributed by atoms with Crippen LogP contribution >= 0.6 is 0 Å². The van der Waals surface area contributed by atoms with Crippen LogP contribution in [0, 0.1) is 6.92 Å². The van der Waals surface area contributed by atoms with Gasteiger partial charge in [0.15, 0.2) is 6.79 Å². The van der Waals surface area contributed by atoms with Crippen molar-refractivity contribution < 1.29 is 14.3 Å². The van der Waals surface area contributed by atoms with Gasteiger partial charge >= 0.3 is 0 Å². The fraction of sp³-hybridized carbons (Fsp3) is 0.348. The summed E-state index contributed by atoms with van der Waals surface area (Å²) in [5.41, 5.74) is 2.63. The number of methoxy groups -OCH3 is 1. The van der Waals surface area contributed by atoms with E-state index in [1.54, 1.807) is 26.1 Å². The zero-order chi connectivity index (χ0) is 19.9. The molecule has 27 heavy (non-hydrogen) atoms. The fourth-order valence-corrected chi connectivity index (χ4v) is 2.90. The molecule has 0 bridgehead atoms. The summed E-state index contributed by atoms with van der Waals surface area (Å²) in [4.78, 5) is 14.2. The van der Waals surface area contributed by atoms with Crippen LogP contribution in [0.25, 0.3) is 6.08 Å². The predicted octanol–water partition coefficient (Wildman–Crippen LogP) is 4.43. The molecule has 0 saturated carbocycles. The highest BCUT2D eigenvalue weighted by Crippen LogP contribution is 2.37. The maximum Gasteiger partial charge on any atom is 0.223 e. The topological polar surface area (TPSA) is 38.8 Å². The van der Waals surface area contributed by atoms with Crippen molar-refractivity contribution in [3.05, 3.63) is 71.3 Å². The Kier molecular flexibility index (Phi) is 7.19. The molecule has 1 amide bonds. The van der Waals surface area contributed by atoms with E-state index in [2.05, 4.69) is 19.1 Å². The molecule has 4 heteroatoms. The number of ether oxygens (including phenoxy) is 2. The number of amides is 1. The first kappa shape index (κ1) is 20.7. The van der Waals surface area contributed by atoms with Crippen molar-refractivity contribution in [2.75, 3.05) is 28.0 Å². The van der Waals surface area contributed by atoms with Gasteiger partial charge in [0.25, 0.3) is 0 Å². The number of nitrogens with zero attached hydrogens (tertiary/aromatic N) is 1. The molecule has 0 N–H and O–H groups in total. The molecule has 0 aromatic heterocycles. The molecule has 1 atom stereocenters. The van der Waals surface area contributed by atoms with Gasteiger partial charge in [0.1, 0.15) is 5.75 Å². The summed E-state index contributed by atoms with van der Waals surface area (Å²) < 4.78 is 10.9. The number of hydrogen-bond donors (Lipinski definition) is 0. The van der Waals surface area contributed by atoms with Crippen molar-refractivity contribution >= 4 is 12.0 Å². The van der Waals surface area contributed by atoms with Crippen LogP contribution in [0.4, 0.5) is 0 Å². The van der Waals surface area contributed by atoms with Gasteiger partial charge < -0.3 is 14.4 Å². The van der Waals surface area contributed by atoms with Crippen molar-refractivity contribution in [3.8, 4) is 5.75 Å². The zero-order valence-corrected chi connectivity index (χ0v) is 16.9. The standard InChI is InChI=1S/C23H29NO3/c1-18-11-12-20(21(15-18)27-17-26-5)23(2,16-22(25)24(3)4)14-13-19-9-7-6-8-10-19/h6-15H,16-17H2,1-5H3/b14-13+/t23-/m1/s1. The average Bonchev–Trinajstić information content (AvgIpc) is 2.65. The van der Waals surface area contributed by atoms with Crippen LogP contribution in [0.5, 0.6) is 5.75 Å². The van der Waals surface area contributed by atoms with Crippen LogP contribution in [0.3, 0.4) is 0 Å². The molecule has 0 saturated heterocycles. The van der Waals surface area contributed by atoms with E-state index in [-0.39, 0.29) is 12.7 Å². The van der Waals surface area contributed by atoms with Crippen LogP contribution in [0.2, 0.25) is 0 Å². The third kappa shape index (κ3) is 5.69. The lowest BCUT2D eigenvalue weighted by Gasteiger charge is -2.30. The second-order valence-electron chi connectivity index (χ2n) is 7.18. The van der Waals surface area contributed by atoms with Gasteiger partial charge in [-0.3, -0.25) is 4.79 Å². The molecule has 144 valence electrons. The van der Waals surface area contributed by atoms with Gasteiger partial charge in [-0.05, 0) is 24.1 Å². The van der Waals surface area contributed by atoms with E-state index in [1.807, 2.05) is 55.5 Å². The van der Waals surface area contributed by atoms with Gasteiger partial charge in [-0.2, -0.15) is 0 Å². The molecule has 2 rings (SSSR count). The summed E-state index contributed by atoms with van der Waals surface area (Å²) in [5.74, 6) is 0.803. The normalized spacial score (nSPS) is 13.4. The summed E-state index contributed by atoms with van der Waals surface area (Å²) >= 11 is 0. The lowest BCUT2D eigenvalue weighted by atomic mass is 9.77. The second kappa shape index (κ2) is 9.38.